The molecule has 1 amide bonds. The maximum absolute atomic E-state index is 13.9. The SMILES string of the molecule is Cl.Cl.O=C(C1COCCN1)N1CCN(Cc2c(F)cccc2Cl)CC1. The van der Waals surface area contributed by atoms with Crippen molar-refractivity contribution >= 4 is 42.3 Å². The zero-order chi connectivity index (χ0) is 16.2. The summed E-state index contributed by atoms with van der Waals surface area (Å²) >= 11 is 6.08. The number of halogens is 4. The molecule has 0 radical (unpaired) electrons. The molecule has 0 aliphatic carbocycles. The van der Waals surface area contributed by atoms with Crippen LogP contribution < -0.4 is 5.32 Å². The minimum absolute atomic E-state index is 0. The molecule has 1 aromatic rings. The molecule has 0 spiro atoms. The van der Waals surface area contributed by atoms with Crippen molar-refractivity contribution in [1.82, 2.24) is 15.1 Å². The highest BCUT2D eigenvalue weighted by Crippen LogP contribution is 2.21. The van der Waals surface area contributed by atoms with Gasteiger partial charge in [-0.25, -0.2) is 4.39 Å². The highest BCUT2D eigenvalue weighted by Gasteiger charge is 2.29. The number of ether oxygens (including phenoxy) is 1. The van der Waals surface area contributed by atoms with Gasteiger partial charge in [0.2, 0.25) is 5.91 Å². The molecule has 0 aromatic heterocycles. The predicted octanol–water partition coefficient (Wildman–Crippen LogP) is 1.96. The molecule has 25 heavy (non-hydrogen) atoms. The van der Waals surface area contributed by atoms with Crippen LogP contribution in [0.25, 0.3) is 0 Å². The quantitative estimate of drug-likeness (QED) is 0.821. The number of benzene rings is 1. The maximum Gasteiger partial charge on any atom is 0.242 e. The number of amides is 1. The lowest BCUT2D eigenvalue weighted by molar-refractivity contribution is -0.138. The molecule has 2 saturated heterocycles. The van der Waals surface area contributed by atoms with E-state index in [0.717, 1.165) is 0 Å². The minimum Gasteiger partial charge on any atom is -0.378 e. The summed E-state index contributed by atoms with van der Waals surface area (Å²) in [5.41, 5.74) is 0.524. The molecule has 3 rings (SSSR count). The Labute approximate surface area is 164 Å². The highest BCUT2D eigenvalue weighted by molar-refractivity contribution is 6.31. The molecule has 1 unspecified atom stereocenters. The van der Waals surface area contributed by atoms with Gasteiger partial charge in [-0.1, -0.05) is 17.7 Å². The fourth-order valence-electron chi connectivity index (χ4n) is 2.98. The van der Waals surface area contributed by atoms with Crippen LogP contribution >= 0.6 is 36.4 Å². The van der Waals surface area contributed by atoms with Gasteiger partial charge < -0.3 is 15.0 Å². The van der Waals surface area contributed by atoms with E-state index in [1.54, 1.807) is 12.1 Å². The van der Waals surface area contributed by atoms with Gasteiger partial charge in [0.25, 0.3) is 0 Å². The first-order valence-electron chi connectivity index (χ1n) is 7.90. The molecule has 2 aliphatic heterocycles. The average Bonchev–Trinajstić information content (AvgIpc) is 2.59. The van der Waals surface area contributed by atoms with Crippen LogP contribution in [0.5, 0.6) is 0 Å². The van der Waals surface area contributed by atoms with Crippen LogP contribution in [0.1, 0.15) is 5.56 Å². The highest BCUT2D eigenvalue weighted by atomic mass is 35.5. The molecule has 142 valence electrons. The molecule has 1 atom stereocenters. The Morgan fingerprint density at radius 2 is 2.00 bits per heavy atom. The Bertz CT molecular complexity index is 545. The smallest absolute Gasteiger partial charge is 0.242 e. The van der Waals surface area contributed by atoms with E-state index in [1.807, 2.05) is 4.90 Å². The maximum atomic E-state index is 13.9. The van der Waals surface area contributed by atoms with Crippen molar-refractivity contribution in [3.63, 3.8) is 0 Å². The van der Waals surface area contributed by atoms with Crippen molar-refractivity contribution in [2.24, 2.45) is 0 Å². The summed E-state index contributed by atoms with van der Waals surface area (Å²) in [6, 6.07) is 4.50. The summed E-state index contributed by atoms with van der Waals surface area (Å²) in [6.45, 7) is 4.98. The van der Waals surface area contributed by atoms with Crippen molar-refractivity contribution in [1.29, 1.82) is 0 Å². The first-order chi connectivity index (χ1) is 11.1. The van der Waals surface area contributed by atoms with Gasteiger partial charge in [-0.2, -0.15) is 0 Å². The summed E-state index contributed by atoms with van der Waals surface area (Å²) in [5.74, 6) is -0.187. The number of carbonyl (C=O) groups excluding carboxylic acids is 1. The Morgan fingerprint density at radius 1 is 1.28 bits per heavy atom. The number of hydrogen-bond acceptors (Lipinski definition) is 4. The second kappa shape index (κ2) is 10.5. The lowest BCUT2D eigenvalue weighted by atomic mass is 10.1. The van der Waals surface area contributed by atoms with E-state index in [0.29, 0.717) is 63.1 Å². The van der Waals surface area contributed by atoms with E-state index in [9.17, 15) is 9.18 Å². The van der Waals surface area contributed by atoms with Gasteiger partial charge in [-0.05, 0) is 12.1 Å². The number of piperazine rings is 1. The Balaban J connectivity index is 0.00000156. The third-order valence-electron chi connectivity index (χ3n) is 4.35. The molecule has 0 saturated carbocycles. The molecular weight excluding hydrogens is 392 g/mol. The average molecular weight is 415 g/mol. The third-order valence-corrected chi connectivity index (χ3v) is 4.70. The van der Waals surface area contributed by atoms with Gasteiger partial charge in [0.15, 0.2) is 0 Å². The molecule has 2 aliphatic rings. The topological polar surface area (TPSA) is 44.8 Å². The molecular formula is C16H23Cl3FN3O2. The number of nitrogens with one attached hydrogen (secondary N) is 1. The Morgan fingerprint density at radius 3 is 2.60 bits per heavy atom. The van der Waals surface area contributed by atoms with Gasteiger partial charge in [0, 0.05) is 49.9 Å². The van der Waals surface area contributed by atoms with Crippen LogP contribution in [0.3, 0.4) is 0 Å². The van der Waals surface area contributed by atoms with Crippen LogP contribution in [0, 0.1) is 5.82 Å². The third kappa shape index (κ3) is 5.67. The fourth-order valence-corrected chi connectivity index (χ4v) is 3.20. The largest absolute Gasteiger partial charge is 0.378 e. The summed E-state index contributed by atoms with van der Waals surface area (Å²) in [7, 11) is 0. The van der Waals surface area contributed by atoms with E-state index in [1.165, 1.54) is 6.07 Å². The molecule has 9 heteroatoms. The number of rotatable bonds is 3. The standard InChI is InChI=1S/C16H21ClFN3O2.2ClH/c17-13-2-1-3-14(18)12(13)10-20-5-7-21(8-6-20)16(22)15-11-23-9-4-19-15;;/h1-3,15,19H,4-11H2;2*1H. The zero-order valence-corrected chi connectivity index (χ0v) is 16.1. The van der Waals surface area contributed by atoms with Gasteiger partial charge in [-0.15, -0.1) is 24.8 Å². The van der Waals surface area contributed by atoms with Crippen LogP contribution in [0.15, 0.2) is 18.2 Å². The van der Waals surface area contributed by atoms with Crippen molar-refractivity contribution in [2.45, 2.75) is 12.6 Å². The van der Waals surface area contributed by atoms with Crippen molar-refractivity contribution in [3.8, 4) is 0 Å². The van der Waals surface area contributed by atoms with E-state index in [-0.39, 0.29) is 42.6 Å². The molecule has 1 N–H and O–H groups in total. The monoisotopic (exact) mass is 413 g/mol. The minimum atomic E-state index is -0.278. The van der Waals surface area contributed by atoms with Gasteiger partial charge in [0.1, 0.15) is 11.9 Å². The number of nitrogens with zero attached hydrogens (tertiary/aromatic N) is 2. The molecule has 2 heterocycles. The first kappa shape index (κ1) is 22.4. The predicted molar refractivity (Wildman–Crippen MR) is 100 cm³/mol. The van der Waals surface area contributed by atoms with E-state index < -0.39 is 0 Å². The molecule has 0 bridgehead atoms. The zero-order valence-electron chi connectivity index (χ0n) is 13.7. The molecule has 1 aromatic carbocycles. The number of morpholine rings is 1. The second-order valence-electron chi connectivity index (χ2n) is 5.88. The van der Waals surface area contributed by atoms with Crippen LogP contribution in [-0.4, -0.2) is 67.7 Å². The fraction of sp³-hybridized carbons (Fsp3) is 0.562. The van der Waals surface area contributed by atoms with Crippen molar-refractivity contribution < 1.29 is 13.9 Å². The van der Waals surface area contributed by atoms with Crippen LogP contribution in [-0.2, 0) is 16.1 Å². The van der Waals surface area contributed by atoms with Gasteiger partial charge >= 0.3 is 0 Å². The molecule has 5 nitrogen and oxygen atoms in total. The Kier molecular flexibility index (Phi) is 9.41. The number of hydrogen-bond donors (Lipinski definition) is 1. The van der Waals surface area contributed by atoms with E-state index in [2.05, 4.69) is 10.2 Å². The normalized spacial score (nSPS) is 21.2. The van der Waals surface area contributed by atoms with Crippen LogP contribution in [0.2, 0.25) is 5.02 Å². The van der Waals surface area contributed by atoms with Crippen molar-refractivity contribution in [3.05, 3.63) is 34.6 Å². The lowest BCUT2D eigenvalue weighted by Gasteiger charge is -2.37. The summed E-state index contributed by atoms with van der Waals surface area (Å²) in [5, 5.41) is 3.64. The van der Waals surface area contributed by atoms with Gasteiger partial charge in [-0.3, -0.25) is 9.69 Å². The first-order valence-corrected chi connectivity index (χ1v) is 8.28. The van der Waals surface area contributed by atoms with E-state index >= 15 is 0 Å². The summed E-state index contributed by atoms with van der Waals surface area (Å²) < 4.78 is 19.2. The van der Waals surface area contributed by atoms with Crippen molar-refractivity contribution in [2.75, 3.05) is 45.9 Å². The second-order valence-corrected chi connectivity index (χ2v) is 6.29. The Hall–Kier alpha value is -0.630. The lowest BCUT2D eigenvalue weighted by Crippen LogP contribution is -2.57. The summed E-state index contributed by atoms with van der Waals surface area (Å²) in [6.07, 6.45) is 0. The summed E-state index contributed by atoms with van der Waals surface area (Å²) in [4.78, 5) is 16.4. The van der Waals surface area contributed by atoms with E-state index in [4.69, 9.17) is 16.3 Å². The molecule has 2 fully saturated rings. The van der Waals surface area contributed by atoms with Crippen LogP contribution in [0.4, 0.5) is 4.39 Å². The number of carbonyl (C=O) groups is 1. The van der Waals surface area contributed by atoms with Gasteiger partial charge in [0.05, 0.1) is 13.2 Å².